The second-order valence-electron chi connectivity index (χ2n) is 7.47. The minimum Gasteiger partial charge on any atom is -0.497 e. The fourth-order valence-electron chi connectivity index (χ4n) is 3.96. The molecule has 158 valence electrons. The lowest BCUT2D eigenvalue weighted by Crippen LogP contribution is -2.23. The fourth-order valence-corrected chi connectivity index (χ4v) is 4.76. The SMILES string of the molecule is COc1ccc2c(c1)C(=O)N(c1nc(C(=O)Nc3cnccc3N3CCCC3)cs1)C2. The number of rotatable bonds is 5. The molecule has 31 heavy (non-hydrogen) atoms. The number of amides is 2. The smallest absolute Gasteiger partial charge is 0.275 e. The van der Waals surface area contributed by atoms with Crippen LogP contribution in [0.1, 0.15) is 39.3 Å². The summed E-state index contributed by atoms with van der Waals surface area (Å²) in [6.07, 6.45) is 5.68. The van der Waals surface area contributed by atoms with Gasteiger partial charge >= 0.3 is 0 Å². The second kappa shape index (κ2) is 7.99. The number of carbonyl (C=O) groups is 2. The van der Waals surface area contributed by atoms with Crippen LogP contribution in [0, 0.1) is 0 Å². The number of hydrogen-bond acceptors (Lipinski definition) is 7. The van der Waals surface area contributed by atoms with Crippen LogP contribution in [0.25, 0.3) is 0 Å². The monoisotopic (exact) mass is 435 g/mol. The van der Waals surface area contributed by atoms with Crippen LogP contribution in [-0.4, -0.2) is 42.0 Å². The Morgan fingerprint density at radius 3 is 2.87 bits per heavy atom. The Kier molecular flexibility index (Phi) is 5.03. The molecule has 1 N–H and O–H groups in total. The molecule has 8 nitrogen and oxygen atoms in total. The van der Waals surface area contributed by atoms with Gasteiger partial charge in [0.25, 0.3) is 11.8 Å². The van der Waals surface area contributed by atoms with Gasteiger partial charge in [0.15, 0.2) is 5.13 Å². The summed E-state index contributed by atoms with van der Waals surface area (Å²) in [6.45, 7) is 2.36. The van der Waals surface area contributed by atoms with E-state index in [-0.39, 0.29) is 17.5 Å². The number of fused-ring (bicyclic) bond motifs is 1. The number of nitrogens with one attached hydrogen (secondary N) is 1. The number of ether oxygens (including phenoxy) is 1. The number of aromatic nitrogens is 2. The highest BCUT2D eigenvalue weighted by atomic mass is 32.1. The summed E-state index contributed by atoms with van der Waals surface area (Å²) in [5, 5.41) is 5.10. The lowest BCUT2D eigenvalue weighted by Gasteiger charge is -2.20. The van der Waals surface area contributed by atoms with Crippen molar-refractivity contribution in [2.75, 3.05) is 35.3 Å². The summed E-state index contributed by atoms with van der Waals surface area (Å²) in [6, 6.07) is 7.38. The summed E-state index contributed by atoms with van der Waals surface area (Å²) in [4.78, 5) is 38.1. The minimum absolute atomic E-state index is 0.140. The zero-order valence-corrected chi connectivity index (χ0v) is 17.8. The van der Waals surface area contributed by atoms with Crippen molar-refractivity contribution in [2.45, 2.75) is 19.4 Å². The average Bonchev–Trinajstić information content (AvgIpc) is 3.54. The van der Waals surface area contributed by atoms with Gasteiger partial charge in [0, 0.05) is 30.2 Å². The first kappa shape index (κ1) is 19.5. The molecule has 2 aromatic heterocycles. The van der Waals surface area contributed by atoms with Gasteiger partial charge in [-0.15, -0.1) is 11.3 Å². The summed E-state index contributed by atoms with van der Waals surface area (Å²) in [7, 11) is 1.57. The number of hydrogen-bond donors (Lipinski definition) is 1. The van der Waals surface area contributed by atoms with Crippen LogP contribution in [0.4, 0.5) is 16.5 Å². The van der Waals surface area contributed by atoms with Crippen molar-refractivity contribution in [3.63, 3.8) is 0 Å². The molecule has 3 aromatic rings. The predicted molar refractivity (Wildman–Crippen MR) is 119 cm³/mol. The van der Waals surface area contributed by atoms with Crippen molar-refractivity contribution in [1.82, 2.24) is 9.97 Å². The van der Waals surface area contributed by atoms with Gasteiger partial charge < -0.3 is 15.0 Å². The van der Waals surface area contributed by atoms with E-state index in [0.717, 1.165) is 37.2 Å². The predicted octanol–water partition coefficient (Wildman–Crippen LogP) is 3.56. The van der Waals surface area contributed by atoms with Crippen LogP contribution >= 0.6 is 11.3 Å². The number of carbonyl (C=O) groups excluding carboxylic acids is 2. The van der Waals surface area contributed by atoms with Gasteiger partial charge in [-0.1, -0.05) is 6.07 Å². The molecule has 5 rings (SSSR count). The first-order valence-electron chi connectivity index (χ1n) is 10.1. The molecular weight excluding hydrogens is 414 g/mol. The Labute approximate surface area is 183 Å². The van der Waals surface area contributed by atoms with Crippen LogP contribution in [0.2, 0.25) is 0 Å². The molecule has 2 aliphatic rings. The highest BCUT2D eigenvalue weighted by Crippen LogP contribution is 2.33. The first-order chi connectivity index (χ1) is 15.1. The van der Waals surface area contributed by atoms with Gasteiger partial charge in [-0.3, -0.25) is 19.5 Å². The topological polar surface area (TPSA) is 87.7 Å². The zero-order valence-electron chi connectivity index (χ0n) is 17.0. The molecular formula is C22H21N5O3S. The molecule has 2 amide bonds. The van der Waals surface area contributed by atoms with Gasteiger partial charge in [-0.05, 0) is 36.6 Å². The maximum Gasteiger partial charge on any atom is 0.275 e. The third-order valence-corrected chi connectivity index (χ3v) is 6.43. The molecule has 0 radical (unpaired) electrons. The Morgan fingerprint density at radius 2 is 2.06 bits per heavy atom. The molecule has 9 heteroatoms. The maximum atomic E-state index is 12.9. The van der Waals surface area contributed by atoms with Crippen molar-refractivity contribution in [2.24, 2.45) is 0 Å². The van der Waals surface area contributed by atoms with E-state index in [0.29, 0.717) is 28.7 Å². The Bertz CT molecular complexity index is 1160. The molecule has 0 atom stereocenters. The van der Waals surface area contributed by atoms with Crippen molar-refractivity contribution in [3.8, 4) is 5.75 Å². The van der Waals surface area contributed by atoms with E-state index >= 15 is 0 Å². The Morgan fingerprint density at radius 1 is 1.23 bits per heavy atom. The molecule has 4 heterocycles. The molecule has 0 spiro atoms. The lowest BCUT2D eigenvalue weighted by atomic mass is 10.1. The van der Waals surface area contributed by atoms with E-state index in [1.807, 2.05) is 18.2 Å². The van der Waals surface area contributed by atoms with Crippen LogP contribution in [-0.2, 0) is 6.54 Å². The number of anilines is 3. The third-order valence-electron chi connectivity index (χ3n) is 5.57. The molecule has 1 saturated heterocycles. The largest absolute Gasteiger partial charge is 0.497 e. The first-order valence-corrected chi connectivity index (χ1v) is 11.0. The molecule has 0 unspecified atom stereocenters. The normalized spacial score (nSPS) is 15.3. The summed E-state index contributed by atoms with van der Waals surface area (Å²) < 4.78 is 5.22. The minimum atomic E-state index is -0.318. The third kappa shape index (κ3) is 3.61. The summed E-state index contributed by atoms with van der Waals surface area (Å²) >= 11 is 1.28. The molecule has 1 fully saturated rings. The van der Waals surface area contributed by atoms with Crippen LogP contribution < -0.4 is 19.9 Å². The molecule has 0 saturated carbocycles. The Balaban J connectivity index is 1.34. The standard InChI is InChI=1S/C22H21N5O3S/c1-30-15-5-4-14-12-27(21(29)16(14)10-15)22-25-18(13-31-22)20(28)24-17-11-23-7-6-19(17)26-8-2-3-9-26/h4-7,10-11,13H,2-3,8-9,12H2,1H3,(H,24,28). The highest BCUT2D eigenvalue weighted by Gasteiger charge is 2.31. The van der Waals surface area contributed by atoms with Crippen molar-refractivity contribution < 1.29 is 14.3 Å². The molecule has 2 aliphatic heterocycles. The number of pyridine rings is 1. The maximum absolute atomic E-state index is 12.9. The van der Waals surface area contributed by atoms with E-state index in [1.165, 1.54) is 11.3 Å². The lowest BCUT2D eigenvalue weighted by molar-refractivity contribution is 0.0991. The van der Waals surface area contributed by atoms with E-state index in [1.54, 1.807) is 35.8 Å². The molecule has 0 aliphatic carbocycles. The average molecular weight is 436 g/mol. The zero-order chi connectivity index (χ0) is 21.4. The van der Waals surface area contributed by atoms with Crippen molar-refractivity contribution in [1.29, 1.82) is 0 Å². The number of nitrogens with zero attached hydrogens (tertiary/aromatic N) is 4. The van der Waals surface area contributed by atoms with E-state index in [2.05, 4.69) is 20.2 Å². The number of thiazole rings is 1. The van der Waals surface area contributed by atoms with Crippen LogP contribution in [0.15, 0.2) is 42.0 Å². The number of benzene rings is 1. The molecule has 1 aromatic carbocycles. The summed E-state index contributed by atoms with van der Waals surface area (Å²) in [5.74, 6) is 0.180. The van der Waals surface area contributed by atoms with E-state index in [4.69, 9.17) is 4.74 Å². The van der Waals surface area contributed by atoms with Gasteiger partial charge in [0.2, 0.25) is 0 Å². The van der Waals surface area contributed by atoms with Gasteiger partial charge in [-0.2, -0.15) is 0 Å². The van der Waals surface area contributed by atoms with E-state index in [9.17, 15) is 9.59 Å². The number of methoxy groups -OCH3 is 1. The van der Waals surface area contributed by atoms with Gasteiger partial charge in [-0.25, -0.2) is 4.98 Å². The fraction of sp³-hybridized carbons (Fsp3) is 0.273. The van der Waals surface area contributed by atoms with Gasteiger partial charge in [0.05, 0.1) is 31.2 Å². The van der Waals surface area contributed by atoms with E-state index < -0.39 is 0 Å². The summed E-state index contributed by atoms with van der Waals surface area (Å²) in [5.41, 5.74) is 3.43. The van der Waals surface area contributed by atoms with Crippen molar-refractivity contribution in [3.05, 3.63) is 58.9 Å². The Hall–Kier alpha value is -3.46. The second-order valence-corrected chi connectivity index (χ2v) is 8.31. The van der Waals surface area contributed by atoms with Crippen LogP contribution in [0.3, 0.4) is 0 Å². The van der Waals surface area contributed by atoms with Crippen molar-refractivity contribution >= 4 is 39.7 Å². The van der Waals surface area contributed by atoms with Gasteiger partial charge in [0.1, 0.15) is 11.4 Å². The highest BCUT2D eigenvalue weighted by molar-refractivity contribution is 7.14. The van der Waals surface area contributed by atoms with Crippen LogP contribution in [0.5, 0.6) is 5.75 Å². The quantitative estimate of drug-likeness (QED) is 0.659. The molecule has 0 bridgehead atoms.